The second-order valence-corrected chi connectivity index (χ2v) is 9.34. The van der Waals surface area contributed by atoms with Crippen LogP contribution >= 0.6 is 0 Å². The Morgan fingerprint density at radius 1 is 1.10 bits per heavy atom. The summed E-state index contributed by atoms with van der Waals surface area (Å²) in [5.41, 5.74) is 2.84. The van der Waals surface area contributed by atoms with E-state index in [1.165, 1.54) is 9.55 Å². The second kappa shape index (κ2) is 8.47. The third kappa shape index (κ3) is 3.67. The molecule has 4 rings (SSSR count). The van der Waals surface area contributed by atoms with Gasteiger partial charge < -0.3 is 0 Å². The van der Waals surface area contributed by atoms with Crippen molar-refractivity contribution in [2.45, 2.75) is 37.1 Å². The molecular weight excluding hydrogens is 394 g/mol. The maximum Gasteiger partial charge on any atom is 0.268 e. The molecular formula is C24H25N3O2S. The highest BCUT2D eigenvalue weighted by Gasteiger charge is 2.25. The minimum absolute atomic E-state index is 0.190. The van der Waals surface area contributed by atoms with Crippen molar-refractivity contribution in [3.05, 3.63) is 78.0 Å². The first-order chi connectivity index (χ1) is 14.6. The van der Waals surface area contributed by atoms with E-state index in [-0.39, 0.29) is 10.9 Å². The van der Waals surface area contributed by atoms with Gasteiger partial charge in [-0.2, -0.15) is 5.26 Å². The van der Waals surface area contributed by atoms with E-state index in [0.29, 0.717) is 11.9 Å². The molecule has 1 aromatic heterocycles. The van der Waals surface area contributed by atoms with Gasteiger partial charge in [-0.25, -0.2) is 12.4 Å². The molecule has 0 fully saturated rings. The highest BCUT2D eigenvalue weighted by atomic mass is 32.2. The summed E-state index contributed by atoms with van der Waals surface area (Å²) in [7, 11) is -3.67. The van der Waals surface area contributed by atoms with E-state index in [9.17, 15) is 13.7 Å². The summed E-state index contributed by atoms with van der Waals surface area (Å²) in [4.78, 5) is 2.48. The minimum Gasteiger partial charge on any atom is -0.284 e. The first kappa shape index (κ1) is 20.4. The van der Waals surface area contributed by atoms with Gasteiger partial charge in [0.1, 0.15) is 6.04 Å². The zero-order valence-electron chi connectivity index (χ0n) is 17.0. The Balaban J connectivity index is 1.67. The van der Waals surface area contributed by atoms with Crippen molar-refractivity contribution in [1.29, 1.82) is 5.26 Å². The topological polar surface area (TPSA) is 66.1 Å². The van der Waals surface area contributed by atoms with Gasteiger partial charge >= 0.3 is 0 Å². The molecule has 0 N–H and O–H groups in total. The highest BCUT2D eigenvalue weighted by molar-refractivity contribution is 7.90. The Labute approximate surface area is 177 Å². The number of aromatic nitrogens is 1. The van der Waals surface area contributed by atoms with Gasteiger partial charge in [0.25, 0.3) is 10.0 Å². The number of nitrogens with zero attached hydrogens (tertiary/aromatic N) is 3. The first-order valence-corrected chi connectivity index (χ1v) is 11.7. The summed E-state index contributed by atoms with van der Waals surface area (Å²) in [5, 5.41) is 10.6. The lowest BCUT2D eigenvalue weighted by atomic mass is 9.98. The largest absolute Gasteiger partial charge is 0.284 e. The van der Waals surface area contributed by atoms with Crippen LogP contribution < -0.4 is 0 Å². The molecule has 1 aliphatic rings. The van der Waals surface area contributed by atoms with Crippen molar-refractivity contribution >= 4 is 20.9 Å². The third-order valence-electron chi connectivity index (χ3n) is 5.80. The quantitative estimate of drug-likeness (QED) is 0.557. The molecule has 2 heterocycles. The summed E-state index contributed by atoms with van der Waals surface area (Å²) < 4.78 is 27.9. The third-order valence-corrected chi connectivity index (χ3v) is 7.49. The van der Waals surface area contributed by atoms with Crippen LogP contribution in [0.15, 0.2) is 77.3 Å². The van der Waals surface area contributed by atoms with Crippen LogP contribution in [-0.4, -0.2) is 36.4 Å². The molecule has 0 radical (unpaired) electrons. The summed E-state index contributed by atoms with van der Waals surface area (Å²) in [5.74, 6) is 0. The van der Waals surface area contributed by atoms with Gasteiger partial charge in [0.15, 0.2) is 0 Å². The van der Waals surface area contributed by atoms with Crippen LogP contribution in [0.4, 0.5) is 0 Å². The lowest BCUT2D eigenvalue weighted by Gasteiger charge is -2.31. The van der Waals surface area contributed by atoms with Crippen LogP contribution in [0.1, 0.15) is 25.3 Å². The number of hydrogen-bond donors (Lipinski definition) is 0. The van der Waals surface area contributed by atoms with Gasteiger partial charge in [0, 0.05) is 24.7 Å². The number of para-hydroxylation sites is 1. The van der Waals surface area contributed by atoms with Gasteiger partial charge in [0.2, 0.25) is 0 Å². The van der Waals surface area contributed by atoms with Crippen molar-refractivity contribution in [2.75, 3.05) is 13.1 Å². The van der Waals surface area contributed by atoms with E-state index in [2.05, 4.69) is 24.0 Å². The van der Waals surface area contributed by atoms with Gasteiger partial charge in [-0.05, 0) is 48.6 Å². The SMILES string of the molecule is CCC1=CCCN(CCc2cn(S(=O)(=O)c3ccccc3)c3ccccc23)C1C#N. The van der Waals surface area contributed by atoms with Crippen molar-refractivity contribution in [1.82, 2.24) is 8.87 Å². The number of nitriles is 1. The molecule has 2 aromatic carbocycles. The van der Waals surface area contributed by atoms with Crippen molar-refractivity contribution in [3.63, 3.8) is 0 Å². The van der Waals surface area contributed by atoms with E-state index in [0.717, 1.165) is 36.9 Å². The van der Waals surface area contributed by atoms with Gasteiger partial charge in [-0.15, -0.1) is 0 Å². The lowest BCUT2D eigenvalue weighted by molar-refractivity contribution is 0.249. The normalized spacial score (nSPS) is 17.6. The lowest BCUT2D eigenvalue weighted by Crippen LogP contribution is -2.40. The summed E-state index contributed by atoms with van der Waals surface area (Å²) in [6.45, 7) is 3.65. The average Bonchev–Trinajstić information content (AvgIpc) is 3.17. The predicted octanol–water partition coefficient (Wildman–Crippen LogP) is 4.36. The van der Waals surface area contributed by atoms with E-state index in [1.807, 2.05) is 24.3 Å². The molecule has 0 spiro atoms. The van der Waals surface area contributed by atoms with E-state index >= 15 is 0 Å². The Hall–Kier alpha value is -2.88. The highest BCUT2D eigenvalue weighted by Crippen LogP contribution is 2.27. The van der Waals surface area contributed by atoms with E-state index in [4.69, 9.17) is 0 Å². The molecule has 30 heavy (non-hydrogen) atoms. The molecule has 5 nitrogen and oxygen atoms in total. The molecule has 6 heteroatoms. The van der Waals surface area contributed by atoms with Crippen LogP contribution in [-0.2, 0) is 16.4 Å². The summed E-state index contributed by atoms with van der Waals surface area (Å²) in [6.07, 6.45) is 6.44. The molecule has 0 bridgehead atoms. The molecule has 1 atom stereocenters. The van der Waals surface area contributed by atoms with Crippen LogP contribution in [0.2, 0.25) is 0 Å². The summed E-state index contributed by atoms with van der Waals surface area (Å²) >= 11 is 0. The van der Waals surface area contributed by atoms with Crippen molar-refractivity contribution < 1.29 is 8.42 Å². The zero-order valence-corrected chi connectivity index (χ0v) is 17.8. The Morgan fingerprint density at radius 2 is 1.83 bits per heavy atom. The van der Waals surface area contributed by atoms with Crippen LogP contribution in [0.25, 0.3) is 10.9 Å². The summed E-state index contributed by atoms with van der Waals surface area (Å²) in [6, 6.07) is 18.4. The number of hydrogen-bond acceptors (Lipinski definition) is 4. The molecule has 0 amide bonds. The monoisotopic (exact) mass is 419 g/mol. The van der Waals surface area contributed by atoms with Gasteiger partial charge in [-0.3, -0.25) is 4.90 Å². The molecule has 3 aromatic rings. The van der Waals surface area contributed by atoms with Gasteiger partial charge in [0.05, 0.1) is 16.5 Å². The maximum atomic E-state index is 13.2. The number of fused-ring (bicyclic) bond motifs is 1. The Morgan fingerprint density at radius 3 is 2.57 bits per heavy atom. The first-order valence-electron chi connectivity index (χ1n) is 10.3. The molecule has 0 saturated heterocycles. The predicted molar refractivity (Wildman–Crippen MR) is 119 cm³/mol. The number of rotatable bonds is 6. The van der Waals surface area contributed by atoms with E-state index in [1.54, 1.807) is 36.5 Å². The maximum absolute atomic E-state index is 13.2. The smallest absolute Gasteiger partial charge is 0.268 e. The van der Waals surface area contributed by atoms with Crippen LogP contribution in [0.5, 0.6) is 0 Å². The molecule has 1 unspecified atom stereocenters. The van der Waals surface area contributed by atoms with Crippen LogP contribution in [0, 0.1) is 11.3 Å². The van der Waals surface area contributed by atoms with Crippen LogP contribution in [0.3, 0.4) is 0 Å². The fraction of sp³-hybridized carbons (Fsp3) is 0.292. The average molecular weight is 420 g/mol. The van der Waals surface area contributed by atoms with Crippen molar-refractivity contribution in [2.24, 2.45) is 0 Å². The fourth-order valence-electron chi connectivity index (χ4n) is 4.22. The Kier molecular flexibility index (Phi) is 5.76. The van der Waals surface area contributed by atoms with E-state index < -0.39 is 10.0 Å². The zero-order chi connectivity index (χ0) is 21.1. The fourth-order valence-corrected chi connectivity index (χ4v) is 5.63. The molecule has 0 saturated carbocycles. The molecule has 154 valence electrons. The second-order valence-electron chi connectivity index (χ2n) is 7.52. The Bertz CT molecular complexity index is 1220. The van der Waals surface area contributed by atoms with Crippen molar-refractivity contribution in [3.8, 4) is 6.07 Å². The standard InChI is InChI=1S/C24H25N3O2S/c1-2-19-9-8-15-26(24(19)17-25)16-14-20-18-27(23-13-7-6-12-22(20)23)30(28,29)21-10-4-3-5-11-21/h3-7,9-13,18,24H,2,8,14-16H2,1H3. The number of benzene rings is 2. The molecule has 0 aliphatic carbocycles. The molecule has 1 aliphatic heterocycles. The minimum atomic E-state index is -3.67. The van der Waals surface area contributed by atoms with Gasteiger partial charge in [-0.1, -0.05) is 49.4 Å².